The molecule has 2 aromatic rings. The first kappa shape index (κ1) is 22.9. The van der Waals surface area contributed by atoms with Crippen LogP contribution in [0.15, 0.2) is 54.1 Å². The van der Waals surface area contributed by atoms with Gasteiger partial charge >= 0.3 is 0 Å². The molecular weight excluding hydrogens is 364 g/mol. The number of aliphatic hydroxyl groups is 2. The highest BCUT2D eigenvalue weighted by atomic mass is 16.6. The lowest BCUT2D eigenvalue weighted by Crippen LogP contribution is -2.28. The highest BCUT2D eigenvalue weighted by molar-refractivity contribution is 5.53. The average molecular weight is 388 g/mol. The summed E-state index contributed by atoms with van der Waals surface area (Å²) in [6.45, 7) is 6.92. The fraction of sp³-hybridized carbons (Fsp3) is 0.300. The van der Waals surface area contributed by atoms with E-state index in [9.17, 15) is 30.4 Å². The average Bonchev–Trinajstić information content (AvgIpc) is 2.61. The Bertz CT molecular complexity index is 832. The molecule has 0 fully saturated rings. The number of rotatable bonds is 5. The molecule has 0 bridgehead atoms. The zero-order chi connectivity index (χ0) is 21.5. The van der Waals surface area contributed by atoms with E-state index in [1.165, 1.54) is 55.8 Å². The molecule has 1 atom stereocenters. The number of aliphatic hydroxyl groups excluding tert-OH is 1. The lowest BCUT2D eigenvalue weighted by Gasteiger charge is -2.24. The number of nitro benzene ring substituents is 2. The molecular formula is C20H24N2O6. The fourth-order valence-corrected chi connectivity index (χ4v) is 2.21. The maximum absolute atomic E-state index is 10.4. The number of non-ortho nitro benzene ring substituents is 2. The van der Waals surface area contributed by atoms with Crippen molar-refractivity contribution in [2.75, 3.05) is 0 Å². The number of benzene rings is 2. The van der Waals surface area contributed by atoms with Gasteiger partial charge in [0.05, 0.1) is 15.4 Å². The van der Waals surface area contributed by atoms with E-state index in [0.717, 1.165) is 5.56 Å². The van der Waals surface area contributed by atoms with Gasteiger partial charge in [-0.1, -0.05) is 11.6 Å². The predicted molar refractivity (Wildman–Crippen MR) is 107 cm³/mol. The summed E-state index contributed by atoms with van der Waals surface area (Å²) in [5.41, 5.74) is 1.44. The first-order chi connectivity index (χ1) is 12.9. The summed E-state index contributed by atoms with van der Waals surface area (Å²) in [6, 6.07) is 12.0. The standard InChI is InChI=1S/C10H13NO4.C10H11NO2/c1-10(2,13)9(12)7-3-5-8(6-4-7)11(14)15;1-8(2)7-9-3-5-10(6-4-9)11(12)13/h3-6,9,12-13H,1-2H3;3-7H,1-2H3. The van der Waals surface area contributed by atoms with Gasteiger partial charge in [0.2, 0.25) is 0 Å². The second kappa shape index (κ2) is 9.72. The monoisotopic (exact) mass is 388 g/mol. The van der Waals surface area contributed by atoms with E-state index in [2.05, 4.69) is 0 Å². The topological polar surface area (TPSA) is 127 Å². The van der Waals surface area contributed by atoms with Crippen molar-refractivity contribution in [3.8, 4) is 0 Å². The van der Waals surface area contributed by atoms with Crippen LogP contribution < -0.4 is 0 Å². The largest absolute Gasteiger partial charge is 0.387 e. The van der Waals surface area contributed by atoms with Crippen LogP contribution in [0.1, 0.15) is 44.9 Å². The summed E-state index contributed by atoms with van der Waals surface area (Å²) in [5.74, 6) is 0. The Morgan fingerprint density at radius 3 is 1.64 bits per heavy atom. The molecule has 0 amide bonds. The minimum Gasteiger partial charge on any atom is -0.387 e. The predicted octanol–water partition coefficient (Wildman–Crippen LogP) is 4.42. The van der Waals surface area contributed by atoms with Gasteiger partial charge in [-0.25, -0.2) is 0 Å². The molecule has 0 heterocycles. The summed E-state index contributed by atoms with van der Waals surface area (Å²) in [7, 11) is 0. The Hall–Kier alpha value is -3.10. The summed E-state index contributed by atoms with van der Waals surface area (Å²) < 4.78 is 0. The van der Waals surface area contributed by atoms with E-state index in [1.54, 1.807) is 12.1 Å². The van der Waals surface area contributed by atoms with Crippen LogP contribution in [0.25, 0.3) is 6.08 Å². The van der Waals surface area contributed by atoms with Crippen molar-refractivity contribution in [3.05, 3.63) is 85.5 Å². The van der Waals surface area contributed by atoms with Crippen LogP contribution in [0.3, 0.4) is 0 Å². The van der Waals surface area contributed by atoms with Crippen LogP contribution >= 0.6 is 0 Å². The van der Waals surface area contributed by atoms with Crippen molar-refractivity contribution >= 4 is 17.5 Å². The number of nitro groups is 2. The van der Waals surface area contributed by atoms with Crippen molar-refractivity contribution in [1.82, 2.24) is 0 Å². The molecule has 2 aromatic carbocycles. The van der Waals surface area contributed by atoms with Crippen LogP contribution in [-0.2, 0) is 0 Å². The third-order valence-electron chi connectivity index (χ3n) is 3.65. The van der Waals surface area contributed by atoms with Crippen LogP contribution in [0, 0.1) is 20.2 Å². The molecule has 0 saturated heterocycles. The van der Waals surface area contributed by atoms with Crippen LogP contribution in [0.2, 0.25) is 0 Å². The second-order valence-corrected chi connectivity index (χ2v) is 6.98. The number of allylic oxidation sites excluding steroid dienone is 1. The normalized spacial score (nSPS) is 11.6. The molecule has 28 heavy (non-hydrogen) atoms. The molecule has 2 rings (SSSR count). The van der Waals surface area contributed by atoms with E-state index in [4.69, 9.17) is 0 Å². The van der Waals surface area contributed by atoms with Gasteiger partial charge in [-0.2, -0.15) is 0 Å². The first-order valence-electron chi connectivity index (χ1n) is 8.46. The SMILES string of the molecule is CC(C)(O)C(O)c1ccc([N+](=O)[O-])cc1.CC(C)=Cc1ccc([N+](=O)[O-])cc1. The smallest absolute Gasteiger partial charge is 0.269 e. The Kier molecular flexibility index (Phi) is 7.97. The molecule has 8 heteroatoms. The van der Waals surface area contributed by atoms with Crippen LogP contribution in [-0.4, -0.2) is 25.7 Å². The van der Waals surface area contributed by atoms with Gasteiger partial charge in [-0.3, -0.25) is 20.2 Å². The van der Waals surface area contributed by atoms with Gasteiger partial charge in [0.15, 0.2) is 0 Å². The molecule has 0 radical (unpaired) electrons. The van der Waals surface area contributed by atoms with E-state index in [-0.39, 0.29) is 11.4 Å². The molecule has 2 N–H and O–H groups in total. The minimum atomic E-state index is -1.27. The first-order valence-corrected chi connectivity index (χ1v) is 8.46. The third kappa shape index (κ3) is 7.26. The molecule has 1 unspecified atom stereocenters. The van der Waals surface area contributed by atoms with Gasteiger partial charge in [0.1, 0.15) is 6.10 Å². The van der Waals surface area contributed by atoms with Gasteiger partial charge in [0, 0.05) is 24.3 Å². The van der Waals surface area contributed by atoms with Crippen molar-refractivity contribution < 1.29 is 20.1 Å². The number of nitrogens with zero attached hydrogens (tertiary/aromatic N) is 2. The Balaban J connectivity index is 0.000000283. The van der Waals surface area contributed by atoms with E-state index in [0.29, 0.717) is 5.56 Å². The maximum atomic E-state index is 10.4. The summed E-state index contributed by atoms with van der Waals surface area (Å²) in [5, 5.41) is 39.9. The Labute approximate surface area is 163 Å². The fourth-order valence-electron chi connectivity index (χ4n) is 2.21. The van der Waals surface area contributed by atoms with Crippen molar-refractivity contribution in [2.45, 2.75) is 39.4 Å². The summed E-state index contributed by atoms with van der Waals surface area (Å²) >= 11 is 0. The minimum absolute atomic E-state index is 0.0401. The number of hydrogen-bond acceptors (Lipinski definition) is 6. The molecule has 150 valence electrons. The summed E-state index contributed by atoms with van der Waals surface area (Å²) in [6.07, 6.45) is 0.919. The Morgan fingerprint density at radius 2 is 1.32 bits per heavy atom. The lowest BCUT2D eigenvalue weighted by molar-refractivity contribution is -0.385. The van der Waals surface area contributed by atoms with Crippen LogP contribution in [0.5, 0.6) is 0 Å². The van der Waals surface area contributed by atoms with Crippen LogP contribution in [0.4, 0.5) is 11.4 Å². The molecule has 0 saturated carbocycles. The highest BCUT2D eigenvalue weighted by Gasteiger charge is 2.26. The molecule has 0 aliphatic rings. The molecule has 0 aromatic heterocycles. The van der Waals surface area contributed by atoms with Gasteiger partial charge in [-0.15, -0.1) is 0 Å². The van der Waals surface area contributed by atoms with E-state index in [1.807, 2.05) is 19.9 Å². The zero-order valence-corrected chi connectivity index (χ0v) is 16.2. The third-order valence-corrected chi connectivity index (χ3v) is 3.65. The quantitative estimate of drug-likeness (QED) is 0.577. The highest BCUT2D eigenvalue weighted by Crippen LogP contribution is 2.26. The van der Waals surface area contributed by atoms with E-state index < -0.39 is 21.6 Å². The van der Waals surface area contributed by atoms with Gasteiger partial charge in [0.25, 0.3) is 11.4 Å². The molecule has 8 nitrogen and oxygen atoms in total. The van der Waals surface area contributed by atoms with Gasteiger partial charge in [-0.05, 0) is 63.1 Å². The molecule has 0 spiro atoms. The van der Waals surface area contributed by atoms with Crippen molar-refractivity contribution in [2.24, 2.45) is 0 Å². The Morgan fingerprint density at radius 1 is 0.929 bits per heavy atom. The summed E-state index contributed by atoms with van der Waals surface area (Å²) in [4.78, 5) is 19.8. The molecule has 0 aliphatic carbocycles. The zero-order valence-electron chi connectivity index (χ0n) is 16.2. The molecule has 0 aliphatic heterocycles. The number of hydrogen-bond donors (Lipinski definition) is 2. The van der Waals surface area contributed by atoms with Gasteiger partial charge < -0.3 is 10.2 Å². The lowest BCUT2D eigenvalue weighted by atomic mass is 9.95. The maximum Gasteiger partial charge on any atom is 0.269 e. The van der Waals surface area contributed by atoms with Crippen molar-refractivity contribution in [3.63, 3.8) is 0 Å². The van der Waals surface area contributed by atoms with Crippen molar-refractivity contribution in [1.29, 1.82) is 0 Å². The van der Waals surface area contributed by atoms with E-state index >= 15 is 0 Å². The second-order valence-electron chi connectivity index (χ2n) is 6.98.